The summed E-state index contributed by atoms with van der Waals surface area (Å²) in [6.45, 7) is 4.00. The molecule has 0 aliphatic carbocycles. The maximum Gasteiger partial charge on any atom is 0.344 e. The molecule has 3 N–H and O–H groups in total. The monoisotopic (exact) mass is 209 g/mol. The second-order valence-corrected chi connectivity index (χ2v) is 4.20. The molecule has 13 heavy (non-hydrogen) atoms. The van der Waals surface area contributed by atoms with Gasteiger partial charge in [0, 0.05) is 6.92 Å². The predicted molar refractivity (Wildman–Crippen MR) is 46.1 cm³/mol. The predicted octanol–water partition coefficient (Wildman–Crippen LogP) is 0.0418. The van der Waals surface area contributed by atoms with E-state index in [-0.39, 0.29) is 12.3 Å². The number of carbonyl (C=O) groups excluding carboxylic acids is 1. The Kier molecular flexibility index (Phi) is 4.13. The van der Waals surface area contributed by atoms with Gasteiger partial charge in [-0.15, -0.1) is 0 Å². The van der Waals surface area contributed by atoms with Gasteiger partial charge in [-0.2, -0.15) is 0 Å². The van der Waals surface area contributed by atoms with Crippen LogP contribution in [-0.2, 0) is 9.36 Å². The van der Waals surface area contributed by atoms with Crippen LogP contribution in [-0.4, -0.2) is 38.5 Å². The van der Waals surface area contributed by atoms with E-state index in [0.29, 0.717) is 0 Å². The normalized spacial score (nSPS) is 11.0. The van der Waals surface area contributed by atoms with Gasteiger partial charge in [0.05, 0.1) is 6.54 Å². The summed E-state index contributed by atoms with van der Waals surface area (Å²) in [5.74, 6) is -0.845. The largest absolute Gasteiger partial charge is 0.511 e. The van der Waals surface area contributed by atoms with Crippen LogP contribution in [0.4, 0.5) is 0 Å². The van der Waals surface area contributed by atoms with Crippen LogP contribution in [0, 0.1) is 0 Å². The average molecular weight is 209 g/mol. The van der Waals surface area contributed by atoms with Crippen molar-refractivity contribution in [1.29, 1.82) is 0 Å². The van der Waals surface area contributed by atoms with Crippen LogP contribution in [0.1, 0.15) is 6.92 Å². The molecule has 0 fully saturated rings. The van der Waals surface area contributed by atoms with Gasteiger partial charge in [0.25, 0.3) is 0 Å². The zero-order chi connectivity index (χ0) is 10.6. The molecule has 1 amide bonds. The van der Waals surface area contributed by atoms with E-state index in [1.54, 1.807) is 0 Å². The standard InChI is InChI=1S/C6H12NO5P/c1-5(8)3-7(6(2)9)4-13(10,11)12/h8H,1,3-4H2,2H3,(H2,10,11,12). The minimum Gasteiger partial charge on any atom is -0.511 e. The molecular formula is C6H12NO5P. The van der Waals surface area contributed by atoms with Crippen molar-refractivity contribution >= 4 is 13.5 Å². The first-order valence-corrected chi connectivity index (χ1v) is 5.19. The van der Waals surface area contributed by atoms with Gasteiger partial charge >= 0.3 is 7.60 Å². The molecule has 6 nitrogen and oxygen atoms in total. The number of rotatable bonds is 4. The van der Waals surface area contributed by atoms with Gasteiger partial charge in [-0.1, -0.05) is 6.58 Å². The highest BCUT2D eigenvalue weighted by Crippen LogP contribution is 2.35. The maximum atomic E-state index is 10.8. The Balaban J connectivity index is 4.36. The van der Waals surface area contributed by atoms with Crippen LogP contribution in [0.2, 0.25) is 0 Å². The molecular weight excluding hydrogens is 197 g/mol. The van der Waals surface area contributed by atoms with Crippen LogP contribution in [0.5, 0.6) is 0 Å². The lowest BCUT2D eigenvalue weighted by Gasteiger charge is -2.20. The molecule has 0 heterocycles. The Hall–Kier alpha value is -0.840. The van der Waals surface area contributed by atoms with Gasteiger partial charge in [-0.25, -0.2) is 0 Å². The molecule has 0 aliphatic heterocycles. The quantitative estimate of drug-likeness (QED) is 0.448. The summed E-state index contributed by atoms with van der Waals surface area (Å²) < 4.78 is 10.5. The van der Waals surface area contributed by atoms with E-state index >= 15 is 0 Å². The molecule has 76 valence electrons. The smallest absolute Gasteiger partial charge is 0.344 e. The van der Waals surface area contributed by atoms with Crippen molar-refractivity contribution in [1.82, 2.24) is 4.90 Å². The molecule has 0 bridgehead atoms. The van der Waals surface area contributed by atoms with E-state index in [0.717, 1.165) is 11.8 Å². The third-order valence-electron chi connectivity index (χ3n) is 1.17. The molecule has 0 aromatic carbocycles. The van der Waals surface area contributed by atoms with Crippen LogP contribution in [0.25, 0.3) is 0 Å². The minimum atomic E-state index is -4.28. The highest BCUT2D eigenvalue weighted by Gasteiger charge is 2.21. The number of hydrogen-bond donors (Lipinski definition) is 3. The van der Waals surface area contributed by atoms with Crippen LogP contribution < -0.4 is 0 Å². The van der Waals surface area contributed by atoms with E-state index in [1.165, 1.54) is 0 Å². The number of nitrogens with zero attached hydrogens (tertiary/aromatic N) is 1. The molecule has 0 atom stereocenters. The summed E-state index contributed by atoms with van der Waals surface area (Å²) in [4.78, 5) is 28.7. The Bertz CT molecular complexity index is 258. The molecule has 0 rings (SSSR count). The van der Waals surface area contributed by atoms with Crippen molar-refractivity contribution in [3.63, 3.8) is 0 Å². The SMILES string of the molecule is C=C(O)CN(CP(=O)(O)O)C(C)=O. The average Bonchev–Trinajstić information content (AvgIpc) is 1.81. The third kappa shape index (κ3) is 6.33. The Labute approximate surface area is 75.6 Å². The van der Waals surface area contributed by atoms with Gasteiger partial charge in [0.2, 0.25) is 5.91 Å². The molecule has 0 saturated carbocycles. The van der Waals surface area contributed by atoms with E-state index < -0.39 is 19.8 Å². The van der Waals surface area contributed by atoms with Crippen LogP contribution >= 0.6 is 7.60 Å². The Morgan fingerprint density at radius 2 is 2.00 bits per heavy atom. The second-order valence-electron chi connectivity index (χ2n) is 2.59. The first-order chi connectivity index (χ1) is 5.72. The zero-order valence-electron chi connectivity index (χ0n) is 7.17. The van der Waals surface area contributed by atoms with Crippen LogP contribution in [0.3, 0.4) is 0 Å². The summed E-state index contributed by atoms with van der Waals surface area (Å²) in [7, 11) is -4.28. The van der Waals surface area contributed by atoms with Crippen molar-refractivity contribution in [2.24, 2.45) is 0 Å². The van der Waals surface area contributed by atoms with Crippen molar-refractivity contribution < 1.29 is 24.3 Å². The molecule has 0 aromatic rings. The molecule has 0 unspecified atom stereocenters. The Morgan fingerprint density at radius 1 is 1.54 bits per heavy atom. The highest BCUT2D eigenvalue weighted by molar-refractivity contribution is 7.51. The molecule has 0 aromatic heterocycles. The van der Waals surface area contributed by atoms with Gasteiger partial charge in [0.1, 0.15) is 12.0 Å². The lowest BCUT2D eigenvalue weighted by atomic mass is 10.5. The fourth-order valence-electron chi connectivity index (χ4n) is 0.704. The van der Waals surface area contributed by atoms with Gasteiger partial charge in [-0.3, -0.25) is 9.36 Å². The number of aliphatic hydroxyl groups is 1. The maximum absolute atomic E-state index is 10.8. The van der Waals surface area contributed by atoms with E-state index in [1.807, 2.05) is 0 Å². The van der Waals surface area contributed by atoms with Gasteiger partial charge in [-0.05, 0) is 0 Å². The van der Waals surface area contributed by atoms with Gasteiger partial charge < -0.3 is 19.8 Å². The number of hydrogen-bond acceptors (Lipinski definition) is 3. The van der Waals surface area contributed by atoms with E-state index in [4.69, 9.17) is 14.9 Å². The molecule has 0 radical (unpaired) electrons. The molecule has 0 saturated heterocycles. The lowest BCUT2D eigenvalue weighted by Crippen LogP contribution is -2.31. The van der Waals surface area contributed by atoms with Crippen molar-refractivity contribution in [2.45, 2.75) is 6.92 Å². The molecule has 0 spiro atoms. The Morgan fingerprint density at radius 3 is 2.23 bits per heavy atom. The fraction of sp³-hybridized carbons (Fsp3) is 0.500. The fourth-order valence-corrected chi connectivity index (χ4v) is 1.45. The highest BCUT2D eigenvalue weighted by atomic mass is 31.2. The van der Waals surface area contributed by atoms with E-state index in [2.05, 4.69) is 6.58 Å². The van der Waals surface area contributed by atoms with Crippen molar-refractivity contribution in [3.05, 3.63) is 12.3 Å². The first kappa shape index (κ1) is 12.2. The summed E-state index contributed by atoms with van der Waals surface area (Å²) in [5, 5.41) is 8.73. The van der Waals surface area contributed by atoms with Crippen molar-refractivity contribution in [2.75, 3.05) is 12.8 Å². The van der Waals surface area contributed by atoms with E-state index in [9.17, 15) is 9.36 Å². The molecule has 7 heteroatoms. The summed E-state index contributed by atoms with van der Waals surface area (Å²) in [6, 6.07) is 0. The third-order valence-corrected chi connectivity index (χ3v) is 1.88. The van der Waals surface area contributed by atoms with Crippen molar-refractivity contribution in [3.8, 4) is 0 Å². The summed E-state index contributed by atoms with van der Waals surface area (Å²) in [6.07, 6.45) is -0.706. The van der Waals surface area contributed by atoms with Crippen LogP contribution in [0.15, 0.2) is 12.3 Å². The number of amides is 1. The molecule has 0 aliphatic rings. The zero-order valence-corrected chi connectivity index (χ0v) is 8.07. The minimum absolute atomic E-state index is 0.263. The lowest BCUT2D eigenvalue weighted by molar-refractivity contribution is -0.128. The topological polar surface area (TPSA) is 98.1 Å². The van der Waals surface area contributed by atoms with Gasteiger partial charge in [0.15, 0.2) is 0 Å². The summed E-state index contributed by atoms with van der Waals surface area (Å²) >= 11 is 0. The first-order valence-electron chi connectivity index (χ1n) is 3.39. The second kappa shape index (κ2) is 4.41. The number of aliphatic hydroxyl groups excluding tert-OH is 1. The summed E-state index contributed by atoms with van der Waals surface area (Å²) in [5.41, 5.74) is 0. The number of carbonyl (C=O) groups is 1.